The van der Waals surface area contributed by atoms with Crippen LogP contribution in [0.1, 0.15) is 48.5 Å². The maximum Gasteiger partial charge on any atom is 0.179 e. The van der Waals surface area contributed by atoms with Crippen LogP contribution in [0.3, 0.4) is 0 Å². The van der Waals surface area contributed by atoms with E-state index >= 15 is 0 Å². The standard InChI is InChI=1S/C26H36O3/c1-20(14-10-16-22(3)24(5)27)12-8-9-13-21(2)15-11-17-23(4)25-28-18-26(6,7)19-29-25/h8-17,25H,18-19H2,1-7H3/b9-8+,14-10+,15-11+,20-12+,21-13+,22-16+,23-17+. The van der Waals surface area contributed by atoms with Gasteiger partial charge in [-0.25, -0.2) is 0 Å². The number of rotatable bonds is 8. The van der Waals surface area contributed by atoms with E-state index in [4.69, 9.17) is 9.47 Å². The number of ketones is 1. The summed E-state index contributed by atoms with van der Waals surface area (Å²) >= 11 is 0. The van der Waals surface area contributed by atoms with Crippen molar-refractivity contribution in [1.29, 1.82) is 0 Å². The van der Waals surface area contributed by atoms with Crippen LogP contribution in [-0.2, 0) is 14.3 Å². The molecule has 1 fully saturated rings. The van der Waals surface area contributed by atoms with Crippen molar-refractivity contribution in [3.8, 4) is 0 Å². The first kappa shape index (κ1) is 24.8. The molecule has 3 nitrogen and oxygen atoms in total. The molecule has 0 N–H and O–H groups in total. The smallest absolute Gasteiger partial charge is 0.179 e. The Morgan fingerprint density at radius 1 is 0.759 bits per heavy atom. The van der Waals surface area contributed by atoms with Crippen molar-refractivity contribution in [2.45, 2.75) is 54.8 Å². The van der Waals surface area contributed by atoms with E-state index in [0.29, 0.717) is 13.2 Å². The predicted octanol–water partition coefficient (Wildman–Crippen LogP) is 6.43. The fourth-order valence-corrected chi connectivity index (χ4v) is 2.37. The number of allylic oxidation sites excluding steroid dienone is 13. The summed E-state index contributed by atoms with van der Waals surface area (Å²) in [7, 11) is 0. The Balaban J connectivity index is 2.53. The number of hydrogen-bond donors (Lipinski definition) is 0. The van der Waals surface area contributed by atoms with E-state index in [0.717, 1.165) is 22.3 Å². The van der Waals surface area contributed by atoms with Crippen molar-refractivity contribution in [3.63, 3.8) is 0 Å². The molecular weight excluding hydrogens is 360 g/mol. The summed E-state index contributed by atoms with van der Waals surface area (Å²) in [5.41, 5.74) is 4.18. The quantitative estimate of drug-likeness (QED) is 0.350. The monoisotopic (exact) mass is 396 g/mol. The molecule has 0 saturated carbocycles. The zero-order chi connectivity index (χ0) is 21.9. The molecule has 0 atom stereocenters. The lowest BCUT2D eigenvalue weighted by atomic mass is 9.95. The van der Waals surface area contributed by atoms with E-state index in [-0.39, 0.29) is 17.5 Å². The third-order valence-electron chi connectivity index (χ3n) is 4.43. The Hall–Kier alpha value is -2.23. The lowest BCUT2D eigenvalue weighted by Gasteiger charge is -2.34. The van der Waals surface area contributed by atoms with Gasteiger partial charge in [0.15, 0.2) is 12.1 Å². The molecule has 0 radical (unpaired) electrons. The maximum atomic E-state index is 11.2. The van der Waals surface area contributed by atoms with Crippen LogP contribution in [0.25, 0.3) is 0 Å². The van der Waals surface area contributed by atoms with Gasteiger partial charge in [-0.05, 0) is 45.8 Å². The minimum Gasteiger partial charge on any atom is -0.348 e. The summed E-state index contributed by atoms with van der Waals surface area (Å²) in [5, 5.41) is 0. The average molecular weight is 397 g/mol. The van der Waals surface area contributed by atoms with Gasteiger partial charge in [-0.2, -0.15) is 0 Å². The minimum absolute atomic E-state index is 0.0884. The van der Waals surface area contributed by atoms with Gasteiger partial charge in [0, 0.05) is 5.41 Å². The van der Waals surface area contributed by atoms with Crippen molar-refractivity contribution in [1.82, 2.24) is 0 Å². The normalized spacial score (nSPS) is 20.4. The summed E-state index contributed by atoms with van der Waals surface area (Å²) in [6.07, 6.45) is 19.7. The van der Waals surface area contributed by atoms with Crippen LogP contribution >= 0.6 is 0 Å². The van der Waals surface area contributed by atoms with Crippen LogP contribution < -0.4 is 0 Å². The van der Waals surface area contributed by atoms with E-state index in [1.165, 1.54) is 0 Å². The molecule has 0 aliphatic carbocycles. The number of ether oxygens (including phenoxy) is 2. The van der Waals surface area contributed by atoms with Gasteiger partial charge in [0.25, 0.3) is 0 Å². The Bertz CT molecular complexity index is 758. The molecule has 3 heteroatoms. The predicted molar refractivity (Wildman–Crippen MR) is 123 cm³/mol. The first-order valence-corrected chi connectivity index (χ1v) is 10.1. The van der Waals surface area contributed by atoms with Crippen LogP contribution in [0.2, 0.25) is 0 Å². The van der Waals surface area contributed by atoms with Crippen molar-refractivity contribution < 1.29 is 14.3 Å². The second-order valence-electron chi connectivity index (χ2n) is 8.36. The van der Waals surface area contributed by atoms with Crippen LogP contribution in [0, 0.1) is 5.41 Å². The first-order valence-electron chi connectivity index (χ1n) is 10.1. The zero-order valence-corrected chi connectivity index (χ0v) is 19.0. The second-order valence-corrected chi connectivity index (χ2v) is 8.36. The van der Waals surface area contributed by atoms with Gasteiger partial charge in [0.05, 0.1) is 13.2 Å². The molecule has 0 bridgehead atoms. The minimum atomic E-state index is -0.243. The van der Waals surface area contributed by atoms with Crippen LogP contribution in [0.15, 0.2) is 83.1 Å². The van der Waals surface area contributed by atoms with Crippen LogP contribution in [0.5, 0.6) is 0 Å². The van der Waals surface area contributed by atoms with Crippen molar-refractivity contribution in [2.24, 2.45) is 5.41 Å². The molecule has 0 aromatic carbocycles. The summed E-state index contributed by atoms with van der Waals surface area (Å²) in [5.74, 6) is 0.0950. The molecular formula is C26H36O3. The molecule has 0 aromatic heterocycles. The molecule has 1 rings (SSSR count). The summed E-state index contributed by atoms with van der Waals surface area (Å²) < 4.78 is 11.6. The topological polar surface area (TPSA) is 35.5 Å². The van der Waals surface area contributed by atoms with E-state index in [9.17, 15) is 4.79 Å². The molecule has 1 aliphatic heterocycles. The lowest BCUT2D eigenvalue weighted by molar-refractivity contribution is -0.202. The van der Waals surface area contributed by atoms with E-state index in [1.54, 1.807) is 6.92 Å². The van der Waals surface area contributed by atoms with Crippen molar-refractivity contribution in [3.05, 3.63) is 83.1 Å². The van der Waals surface area contributed by atoms with Gasteiger partial charge < -0.3 is 9.47 Å². The Morgan fingerprint density at radius 2 is 1.24 bits per heavy atom. The van der Waals surface area contributed by atoms with E-state index in [1.807, 2.05) is 69.4 Å². The van der Waals surface area contributed by atoms with Crippen LogP contribution in [0.4, 0.5) is 0 Å². The van der Waals surface area contributed by atoms with Crippen molar-refractivity contribution >= 4 is 5.78 Å². The average Bonchev–Trinajstić information content (AvgIpc) is 2.64. The van der Waals surface area contributed by atoms with Crippen molar-refractivity contribution in [2.75, 3.05) is 13.2 Å². The van der Waals surface area contributed by atoms with Crippen LogP contribution in [-0.4, -0.2) is 25.3 Å². The second kappa shape index (κ2) is 12.4. The number of carbonyl (C=O) groups is 1. The van der Waals surface area contributed by atoms with Gasteiger partial charge in [-0.15, -0.1) is 0 Å². The summed E-state index contributed by atoms with van der Waals surface area (Å²) in [6, 6.07) is 0. The van der Waals surface area contributed by atoms with E-state index in [2.05, 4.69) is 32.9 Å². The highest BCUT2D eigenvalue weighted by Gasteiger charge is 2.28. The fraction of sp³-hybridized carbons (Fsp3) is 0.423. The van der Waals surface area contributed by atoms with E-state index < -0.39 is 0 Å². The van der Waals surface area contributed by atoms with Gasteiger partial charge >= 0.3 is 0 Å². The van der Waals surface area contributed by atoms with Gasteiger partial charge in [-0.3, -0.25) is 4.79 Å². The fourth-order valence-electron chi connectivity index (χ4n) is 2.37. The number of hydrogen-bond acceptors (Lipinski definition) is 3. The number of Topliss-reactive ketones (excluding diaryl/α,β-unsaturated/α-hetero) is 1. The molecule has 1 heterocycles. The Kier molecular flexibility index (Phi) is 10.6. The molecule has 0 spiro atoms. The highest BCUT2D eigenvalue weighted by atomic mass is 16.7. The summed E-state index contributed by atoms with van der Waals surface area (Å²) in [4.78, 5) is 11.2. The molecule has 0 amide bonds. The van der Waals surface area contributed by atoms with Gasteiger partial charge in [0.2, 0.25) is 0 Å². The molecule has 0 aromatic rings. The highest BCUT2D eigenvalue weighted by Crippen LogP contribution is 2.25. The SMILES string of the molecule is CC(=O)/C(C)=C/C=C/C(C)=C/C=C/C=C(C)/C=C/C=C(\C)C1OCC(C)(C)CO1. The third kappa shape index (κ3) is 10.8. The highest BCUT2D eigenvalue weighted by molar-refractivity contribution is 5.92. The molecule has 158 valence electrons. The third-order valence-corrected chi connectivity index (χ3v) is 4.43. The Morgan fingerprint density at radius 3 is 1.72 bits per heavy atom. The first-order chi connectivity index (χ1) is 13.6. The Labute approximate surface area is 176 Å². The molecule has 1 aliphatic rings. The largest absolute Gasteiger partial charge is 0.348 e. The maximum absolute atomic E-state index is 11.2. The summed E-state index contributed by atoms with van der Waals surface area (Å²) in [6.45, 7) is 15.2. The number of carbonyl (C=O) groups excluding carboxylic acids is 1. The molecule has 0 unspecified atom stereocenters. The van der Waals surface area contributed by atoms with Gasteiger partial charge in [-0.1, -0.05) is 85.8 Å². The van der Waals surface area contributed by atoms with Gasteiger partial charge in [0.1, 0.15) is 0 Å². The molecule has 1 saturated heterocycles. The zero-order valence-electron chi connectivity index (χ0n) is 19.0. The lowest BCUT2D eigenvalue weighted by Crippen LogP contribution is -2.38. The molecule has 29 heavy (non-hydrogen) atoms.